The molecule has 0 atom stereocenters. The number of aryl methyl sites for hydroxylation is 2. The summed E-state index contributed by atoms with van der Waals surface area (Å²) in [5, 5.41) is 7.40. The van der Waals surface area contributed by atoms with Crippen LogP contribution in [0, 0.1) is 12.7 Å². The molecule has 0 aromatic carbocycles. The van der Waals surface area contributed by atoms with E-state index >= 15 is 4.39 Å². The van der Waals surface area contributed by atoms with Crippen molar-refractivity contribution in [2.45, 2.75) is 13.5 Å². The zero-order chi connectivity index (χ0) is 18.8. The number of anilines is 2. The summed E-state index contributed by atoms with van der Waals surface area (Å²) < 4.78 is 29.2. The minimum Gasteiger partial charge on any atom is -0.351 e. The first-order chi connectivity index (χ1) is 13.2. The molecule has 0 aliphatic heterocycles. The Labute approximate surface area is 153 Å². The highest BCUT2D eigenvalue weighted by Crippen LogP contribution is 2.30. The van der Waals surface area contributed by atoms with E-state index in [4.69, 9.17) is 0 Å². The molecule has 0 amide bonds. The van der Waals surface area contributed by atoms with E-state index in [1.165, 1.54) is 4.68 Å². The Bertz CT molecular complexity index is 1090. The molecule has 4 heterocycles. The van der Waals surface area contributed by atoms with Gasteiger partial charge in [-0.1, -0.05) is 6.07 Å². The topological polar surface area (TPSA) is 68.5 Å². The maximum absolute atomic E-state index is 15.1. The SMILES string of the molecule is Cc1cc(Nc2ccnc3cn(CCF)nc23)c(F)c(-c2ccccn2)n1. The van der Waals surface area contributed by atoms with Crippen LogP contribution in [0.2, 0.25) is 0 Å². The molecular weight excluding hydrogens is 350 g/mol. The van der Waals surface area contributed by atoms with E-state index in [0.29, 0.717) is 28.1 Å². The Morgan fingerprint density at radius 2 is 2.00 bits per heavy atom. The fourth-order valence-electron chi connectivity index (χ4n) is 2.84. The summed E-state index contributed by atoms with van der Waals surface area (Å²) in [4.78, 5) is 12.7. The van der Waals surface area contributed by atoms with E-state index in [-0.39, 0.29) is 17.9 Å². The van der Waals surface area contributed by atoms with Crippen molar-refractivity contribution in [3.8, 4) is 11.4 Å². The number of halogens is 2. The molecule has 0 fully saturated rings. The standard InChI is InChI=1S/C19H16F2N6/c1-12-10-15(17(21)19(24-12)13-4-2-3-7-22-13)25-14-5-8-23-16-11-27(9-6-20)26-18(14)16/h2-5,7-8,10-11H,6,9H2,1H3,(H,24,25). The molecule has 0 radical (unpaired) electrons. The highest BCUT2D eigenvalue weighted by Gasteiger charge is 2.16. The van der Waals surface area contributed by atoms with Gasteiger partial charge < -0.3 is 5.32 Å². The van der Waals surface area contributed by atoms with Crippen molar-refractivity contribution >= 4 is 22.4 Å². The molecule has 0 saturated heterocycles. The number of hydrogen-bond donors (Lipinski definition) is 1. The summed E-state index contributed by atoms with van der Waals surface area (Å²) >= 11 is 0. The minimum atomic E-state index is -0.525. The van der Waals surface area contributed by atoms with Crippen LogP contribution >= 0.6 is 0 Å². The Balaban J connectivity index is 1.77. The van der Waals surface area contributed by atoms with E-state index in [1.807, 2.05) is 0 Å². The maximum Gasteiger partial charge on any atom is 0.174 e. The van der Waals surface area contributed by atoms with Crippen molar-refractivity contribution in [2.75, 3.05) is 12.0 Å². The molecule has 4 aromatic heterocycles. The lowest BCUT2D eigenvalue weighted by molar-refractivity contribution is 0.428. The third kappa shape index (κ3) is 3.33. The number of nitrogens with zero attached hydrogens (tertiary/aromatic N) is 5. The number of rotatable bonds is 5. The van der Waals surface area contributed by atoms with Gasteiger partial charge >= 0.3 is 0 Å². The molecule has 0 spiro atoms. The third-order valence-corrected chi connectivity index (χ3v) is 4.03. The number of aromatic nitrogens is 5. The van der Waals surface area contributed by atoms with Crippen LogP contribution in [0.1, 0.15) is 5.69 Å². The zero-order valence-corrected chi connectivity index (χ0v) is 14.5. The van der Waals surface area contributed by atoms with E-state index in [0.717, 1.165) is 0 Å². The van der Waals surface area contributed by atoms with Gasteiger partial charge in [0, 0.05) is 18.1 Å². The molecule has 8 heteroatoms. The normalized spacial score (nSPS) is 11.1. The third-order valence-electron chi connectivity index (χ3n) is 4.03. The highest BCUT2D eigenvalue weighted by atomic mass is 19.1. The summed E-state index contributed by atoms with van der Waals surface area (Å²) in [6, 6.07) is 8.57. The second-order valence-electron chi connectivity index (χ2n) is 5.99. The predicted octanol–water partition coefficient (Wildman–Crippen LogP) is 4.05. The maximum atomic E-state index is 15.1. The van der Waals surface area contributed by atoms with Crippen molar-refractivity contribution in [3.63, 3.8) is 0 Å². The first-order valence-electron chi connectivity index (χ1n) is 8.39. The summed E-state index contributed by atoms with van der Waals surface area (Å²) in [7, 11) is 0. The van der Waals surface area contributed by atoms with E-state index < -0.39 is 12.5 Å². The van der Waals surface area contributed by atoms with Gasteiger partial charge in [0.1, 0.15) is 23.4 Å². The first-order valence-corrected chi connectivity index (χ1v) is 8.39. The quantitative estimate of drug-likeness (QED) is 0.577. The van der Waals surface area contributed by atoms with Crippen LogP contribution in [-0.4, -0.2) is 31.4 Å². The Morgan fingerprint density at radius 3 is 2.78 bits per heavy atom. The van der Waals surface area contributed by atoms with E-state index in [9.17, 15) is 4.39 Å². The number of alkyl halides is 1. The van der Waals surface area contributed by atoms with Gasteiger partial charge in [0.2, 0.25) is 0 Å². The van der Waals surface area contributed by atoms with Crippen molar-refractivity contribution in [1.82, 2.24) is 24.7 Å². The Hall–Kier alpha value is -3.42. The van der Waals surface area contributed by atoms with Crippen LogP contribution in [0.4, 0.5) is 20.2 Å². The van der Waals surface area contributed by atoms with Crippen LogP contribution < -0.4 is 5.32 Å². The lowest BCUT2D eigenvalue weighted by Crippen LogP contribution is -2.02. The number of fused-ring (bicyclic) bond motifs is 1. The number of pyridine rings is 3. The first kappa shape index (κ1) is 17.0. The van der Waals surface area contributed by atoms with Crippen molar-refractivity contribution in [2.24, 2.45) is 0 Å². The predicted molar refractivity (Wildman–Crippen MR) is 98.9 cm³/mol. The highest BCUT2D eigenvalue weighted by molar-refractivity contribution is 5.89. The summed E-state index contributed by atoms with van der Waals surface area (Å²) in [6.07, 6.45) is 4.85. The molecule has 0 unspecified atom stereocenters. The van der Waals surface area contributed by atoms with E-state index in [1.54, 1.807) is 55.8 Å². The fraction of sp³-hybridized carbons (Fsp3) is 0.158. The van der Waals surface area contributed by atoms with E-state index in [2.05, 4.69) is 25.4 Å². The van der Waals surface area contributed by atoms with Crippen molar-refractivity contribution in [1.29, 1.82) is 0 Å². The molecular formula is C19H16F2N6. The summed E-state index contributed by atoms with van der Waals surface area (Å²) in [5.74, 6) is -0.507. The molecule has 4 rings (SSSR count). The van der Waals surface area contributed by atoms with Gasteiger partial charge in [0.05, 0.1) is 29.8 Å². The van der Waals surface area contributed by atoms with Gasteiger partial charge in [-0.3, -0.25) is 14.6 Å². The molecule has 4 aromatic rings. The second kappa shape index (κ2) is 7.06. The Morgan fingerprint density at radius 1 is 1.11 bits per heavy atom. The van der Waals surface area contributed by atoms with Crippen molar-refractivity contribution < 1.29 is 8.78 Å². The zero-order valence-electron chi connectivity index (χ0n) is 14.5. The number of nitrogens with one attached hydrogen (secondary N) is 1. The Kier molecular flexibility index (Phi) is 4.45. The molecule has 0 aliphatic rings. The molecule has 1 N–H and O–H groups in total. The largest absolute Gasteiger partial charge is 0.351 e. The van der Waals surface area contributed by atoms with Gasteiger partial charge in [-0.25, -0.2) is 13.8 Å². The molecule has 6 nitrogen and oxygen atoms in total. The molecule has 136 valence electrons. The average Bonchev–Trinajstić information content (AvgIpc) is 3.09. The van der Waals surface area contributed by atoms with Crippen LogP contribution in [0.25, 0.3) is 22.4 Å². The fourth-order valence-corrected chi connectivity index (χ4v) is 2.84. The van der Waals surface area contributed by atoms with Crippen molar-refractivity contribution in [3.05, 3.63) is 60.4 Å². The van der Waals surface area contributed by atoms with Gasteiger partial charge in [-0.2, -0.15) is 5.10 Å². The van der Waals surface area contributed by atoms with Crippen LogP contribution in [0.15, 0.2) is 48.9 Å². The van der Waals surface area contributed by atoms with Gasteiger partial charge in [0.15, 0.2) is 5.82 Å². The minimum absolute atomic E-state index is 0.141. The van der Waals surface area contributed by atoms with Crippen LogP contribution in [0.5, 0.6) is 0 Å². The van der Waals surface area contributed by atoms with Crippen LogP contribution in [-0.2, 0) is 6.54 Å². The lowest BCUT2D eigenvalue weighted by atomic mass is 10.2. The monoisotopic (exact) mass is 366 g/mol. The lowest BCUT2D eigenvalue weighted by Gasteiger charge is -2.12. The average molecular weight is 366 g/mol. The second-order valence-corrected chi connectivity index (χ2v) is 5.99. The molecule has 0 aliphatic carbocycles. The molecule has 0 bridgehead atoms. The molecule has 0 saturated carbocycles. The molecule has 27 heavy (non-hydrogen) atoms. The number of hydrogen-bond acceptors (Lipinski definition) is 5. The van der Waals surface area contributed by atoms with Gasteiger partial charge in [0.25, 0.3) is 0 Å². The van der Waals surface area contributed by atoms with Crippen LogP contribution in [0.3, 0.4) is 0 Å². The summed E-state index contributed by atoms with van der Waals surface area (Å²) in [6.45, 7) is 1.40. The van der Waals surface area contributed by atoms with Gasteiger partial charge in [-0.05, 0) is 31.2 Å². The smallest absolute Gasteiger partial charge is 0.174 e. The van der Waals surface area contributed by atoms with Gasteiger partial charge in [-0.15, -0.1) is 0 Å². The summed E-state index contributed by atoms with van der Waals surface area (Å²) in [5.41, 5.74) is 3.25.